The molecule has 0 radical (unpaired) electrons. The summed E-state index contributed by atoms with van der Waals surface area (Å²) in [5, 5.41) is 0. The molecule has 0 N–H and O–H groups in total. The number of benzene rings is 3. The van der Waals surface area contributed by atoms with Gasteiger partial charge in [0.25, 0.3) is 0 Å². The molecule has 0 heterocycles. The van der Waals surface area contributed by atoms with Crippen LogP contribution in [-0.4, -0.2) is 26.2 Å². The maximum absolute atomic E-state index is 11.3. The molecule has 0 aliphatic heterocycles. The van der Waals surface area contributed by atoms with E-state index in [1.165, 1.54) is 0 Å². The van der Waals surface area contributed by atoms with Crippen LogP contribution in [0.5, 0.6) is 17.2 Å². The molecule has 0 saturated carbocycles. The van der Waals surface area contributed by atoms with Crippen molar-refractivity contribution in [3.63, 3.8) is 0 Å². The first-order valence-electron chi connectivity index (χ1n) is 8.37. The fourth-order valence-corrected chi connectivity index (χ4v) is 2.44. The average Bonchev–Trinajstić information content (AvgIpc) is 2.75. The maximum atomic E-state index is 11.3. The molecule has 3 rings (SSSR count). The highest BCUT2D eigenvalue weighted by Gasteiger charge is 2.32. The molecular formula is C21H15BO6. The first-order valence-corrected chi connectivity index (χ1v) is 8.37. The topological polar surface area (TPSA) is 78.9 Å². The van der Waals surface area contributed by atoms with E-state index in [2.05, 4.69) is 0 Å². The molecular weight excluding hydrogens is 359 g/mol. The Morgan fingerprint density at radius 1 is 0.500 bits per heavy atom. The molecule has 0 aliphatic carbocycles. The third kappa shape index (κ3) is 4.45. The van der Waals surface area contributed by atoms with Gasteiger partial charge in [0.2, 0.25) is 0 Å². The van der Waals surface area contributed by atoms with Gasteiger partial charge < -0.3 is 14.0 Å². The largest absolute Gasteiger partial charge is 0.864 e. The van der Waals surface area contributed by atoms with Crippen molar-refractivity contribution in [3.05, 3.63) is 89.5 Å². The standard InChI is InChI=1S/C21H15BO6/c23-13-16-7-1-4-10-19(16)26-22(27-20-11-5-2-8-17(20)14-24)28-21-12-6-3-9-18(21)15-25/h1-15H. The van der Waals surface area contributed by atoms with Crippen LogP contribution in [0.3, 0.4) is 0 Å². The van der Waals surface area contributed by atoms with Crippen molar-refractivity contribution in [2.45, 2.75) is 0 Å². The van der Waals surface area contributed by atoms with Gasteiger partial charge in [-0.25, -0.2) is 0 Å². The Bertz CT molecular complexity index is 861. The SMILES string of the molecule is O=Cc1ccccc1OB(Oc1ccccc1C=O)Oc1ccccc1C=O. The lowest BCUT2D eigenvalue weighted by atomic mass is 10.1. The third-order valence-electron chi connectivity index (χ3n) is 3.81. The van der Waals surface area contributed by atoms with E-state index < -0.39 is 7.32 Å². The van der Waals surface area contributed by atoms with E-state index in [0.717, 1.165) is 0 Å². The highest BCUT2D eigenvalue weighted by atomic mass is 16.7. The molecule has 0 saturated heterocycles. The minimum Gasteiger partial charge on any atom is -0.489 e. The molecule has 0 fully saturated rings. The van der Waals surface area contributed by atoms with Gasteiger partial charge >= 0.3 is 7.32 Å². The summed E-state index contributed by atoms with van der Waals surface area (Å²) in [6.45, 7) is 0. The zero-order chi connectivity index (χ0) is 19.8. The Hall–Kier alpha value is -3.87. The number of carbonyl (C=O) groups is 3. The summed E-state index contributed by atoms with van der Waals surface area (Å²) in [7, 11) is -1.36. The van der Waals surface area contributed by atoms with Crippen molar-refractivity contribution in [2.75, 3.05) is 0 Å². The molecule has 6 nitrogen and oxygen atoms in total. The lowest BCUT2D eigenvalue weighted by molar-refractivity contribution is 0.111. The van der Waals surface area contributed by atoms with Gasteiger partial charge in [0.15, 0.2) is 18.9 Å². The Morgan fingerprint density at radius 2 is 0.786 bits per heavy atom. The minimum absolute atomic E-state index is 0.231. The number of para-hydroxylation sites is 3. The van der Waals surface area contributed by atoms with Crippen molar-refractivity contribution in [3.8, 4) is 17.2 Å². The molecule has 7 heteroatoms. The van der Waals surface area contributed by atoms with Crippen molar-refractivity contribution < 1.29 is 28.3 Å². The molecule has 0 aromatic heterocycles. The van der Waals surface area contributed by atoms with Crippen molar-refractivity contribution >= 4 is 26.2 Å². The van der Waals surface area contributed by atoms with Gasteiger partial charge in [-0.05, 0) is 36.4 Å². The van der Waals surface area contributed by atoms with Crippen LogP contribution in [0.4, 0.5) is 0 Å². The zero-order valence-electron chi connectivity index (χ0n) is 14.7. The minimum atomic E-state index is -1.36. The van der Waals surface area contributed by atoms with Crippen LogP contribution in [0.25, 0.3) is 0 Å². The van der Waals surface area contributed by atoms with E-state index >= 15 is 0 Å². The maximum Gasteiger partial charge on any atom is 0.864 e. The van der Waals surface area contributed by atoms with Crippen LogP contribution in [0.15, 0.2) is 72.8 Å². The molecule has 28 heavy (non-hydrogen) atoms. The second kappa shape index (κ2) is 9.18. The van der Waals surface area contributed by atoms with Gasteiger partial charge in [-0.2, -0.15) is 0 Å². The van der Waals surface area contributed by atoms with Crippen LogP contribution in [0, 0.1) is 0 Å². The van der Waals surface area contributed by atoms with Gasteiger partial charge in [-0.1, -0.05) is 36.4 Å². The van der Waals surface area contributed by atoms with Crippen LogP contribution < -0.4 is 14.0 Å². The summed E-state index contributed by atoms with van der Waals surface area (Å²) < 4.78 is 17.2. The van der Waals surface area contributed by atoms with Crippen LogP contribution >= 0.6 is 0 Å². The molecule has 0 spiro atoms. The number of hydrogen-bond acceptors (Lipinski definition) is 6. The van der Waals surface area contributed by atoms with Crippen LogP contribution in [-0.2, 0) is 0 Å². The smallest absolute Gasteiger partial charge is 0.489 e. The van der Waals surface area contributed by atoms with E-state index in [0.29, 0.717) is 35.5 Å². The third-order valence-corrected chi connectivity index (χ3v) is 3.81. The highest BCUT2D eigenvalue weighted by molar-refractivity contribution is 6.40. The monoisotopic (exact) mass is 374 g/mol. The number of carbonyl (C=O) groups excluding carboxylic acids is 3. The van der Waals surface area contributed by atoms with Crippen molar-refractivity contribution in [1.29, 1.82) is 0 Å². The van der Waals surface area contributed by atoms with Crippen LogP contribution in [0.1, 0.15) is 31.1 Å². The normalized spacial score (nSPS) is 9.86. The molecule has 0 amide bonds. The van der Waals surface area contributed by atoms with E-state index in [-0.39, 0.29) is 17.2 Å². The molecule has 3 aromatic rings. The predicted octanol–water partition coefficient (Wildman–Crippen LogP) is 3.65. The van der Waals surface area contributed by atoms with Gasteiger partial charge in [0, 0.05) is 0 Å². The Morgan fingerprint density at radius 3 is 1.07 bits per heavy atom. The van der Waals surface area contributed by atoms with E-state index in [1.807, 2.05) is 0 Å². The molecule has 0 aliphatic rings. The second-order valence-corrected chi connectivity index (χ2v) is 5.61. The molecule has 3 aromatic carbocycles. The van der Waals surface area contributed by atoms with Gasteiger partial charge in [-0.15, -0.1) is 0 Å². The molecule has 0 bridgehead atoms. The highest BCUT2D eigenvalue weighted by Crippen LogP contribution is 2.23. The van der Waals surface area contributed by atoms with Crippen molar-refractivity contribution in [1.82, 2.24) is 0 Å². The fraction of sp³-hybridized carbons (Fsp3) is 0. The van der Waals surface area contributed by atoms with Gasteiger partial charge in [0.1, 0.15) is 17.2 Å². The van der Waals surface area contributed by atoms with E-state index in [9.17, 15) is 14.4 Å². The average molecular weight is 374 g/mol. The van der Waals surface area contributed by atoms with E-state index in [1.54, 1.807) is 72.8 Å². The van der Waals surface area contributed by atoms with Crippen LogP contribution in [0.2, 0.25) is 0 Å². The Balaban J connectivity index is 1.94. The fourth-order valence-electron chi connectivity index (χ4n) is 2.44. The lowest BCUT2D eigenvalue weighted by Gasteiger charge is -2.18. The molecule has 0 atom stereocenters. The summed E-state index contributed by atoms with van der Waals surface area (Å²) in [5.41, 5.74) is 0.895. The first-order chi connectivity index (χ1) is 13.7. The summed E-state index contributed by atoms with van der Waals surface area (Å²) in [6, 6.07) is 19.6. The molecule has 138 valence electrons. The summed E-state index contributed by atoms with van der Waals surface area (Å²) >= 11 is 0. The first kappa shape index (κ1) is 18.9. The summed E-state index contributed by atoms with van der Waals surface area (Å²) in [6.07, 6.45) is 1.93. The number of hydrogen-bond donors (Lipinski definition) is 0. The second-order valence-electron chi connectivity index (χ2n) is 5.61. The summed E-state index contributed by atoms with van der Waals surface area (Å²) in [5.74, 6) is 0.694. The number of rotatable bonds is 9. The predicted molar refractivity (Wildman–Crippen MR) is 103 cm³/mol. The molecule has 0 unspecified atom stereocenters. The van der Waals surface area contributed by atoms with Gasteiger partial charge in [0.05, 0.1) is 16.7 Å². The van der Waals surface area contributed by atoms with Gasteiger partial charge in [-0.3, -0.25) is 14.4 Å². The van der Waals surface area contributed by atoms with E-state index in [4.69, 9.17) is 14.0 Å². The Kier molecular flexibility index (Phi) is 6.20. The van der Waals surface area contributed by atoms with Crippen molar-refractivity contribution in [2.24, 2.45) is 0 Å². The lowest BCUT2D eigenvalue weighted by Crippen LogP contribution is -2.37. The quantitative estimate of drug-likeness (QED) is 0.420. The summed E-state index contributed by atoms with van der Waals surface area (Å²) in [4.78, 5) is 33.8. The Labute approximate surface area is 161 Å². The zero-order valence-corrected chi connectivity index (χ0v) is 14.7. The number of aldehydes is 3.